The molecule has 2 N–H and O–H groups in total. The second kappa shape index (κ2) is 10.4. The highest BCUT2D eigenvalue weighted by atomic mass is 19.1. The van der Waals surface area contributed by atoms with Crippen LogP contribution in [0, 0.1) is 5.82 Å². The van der Waals surface area contributed by atoms with Crippen LogP contribution in [0.1, 0.15) is 0 Å². The van der Waals surface area contributed by atoms with Gasteiger partial charge in [-0.15, -0.1) is 0 Å². The molecule has 6 rings (SSSR count). The van der Waals surface area contributed by atoms with Crippen LogP contribution in [0.25, 0.3) is 55.6 Å². The molecule has 40 heavy (non-hydrogen) atoms. The zero-order chi connectivity index (χ0) is 27.8. The highest BCUT2D eigenvalue weighted by Gasteiger charge is 2.16. The zero-order valence-corrected chi connectivity index (χ0v) is 22.9. The lowest BCUT2D eigenvalue weighted by Crippen LogP contribution is -2.19. The Morgan fingerprint density at radius 2 is 1.75 bits per heavy atom. The topological polar surface area (TPSA) is 86.0 Å². The Hall–Kier alpha value is -4.76. The van der Waals surface area contributed by atoms with E-state index in [0.717, 1.165) is 67.8 Å². The fourth-order valence-corrected chi connectivity index (χ4v) is 4.77. The summed E-state index contributed by atoms with van der Waals surface area (Å²) in [5, 5.41) is 9.63. The summed E-state index contributed by atoms with van der Waals surface area (Å²) in [6.07, 6.45) is 5.43. The summed E-state index contributed by atoms with van der Waals surface area (Å²) < 4.78 is 20.5. The minimum Gasteiger partial charge on any atom is -0.492 e. The molecule has 0 aliphatic carbocycles. The number of pyridine rings is 2. The van der Waals surface area contributed by atoms with Crippen LogP contribution in [0.15, 0.2) is 73.2 Å². The minimum absolute atomic E-state index is 0.337. The van der Waals surface area contributed by atoms with Crippen molar-refractivity contribution >= 4 is 27.5 Å². The van der Waals surface area contributed by atoms with Crippen molar-refractivity contribution in [3.8, 4) is 39.5 Å². The third-order valence-corrected chi connectivity index (χ3v) is 6.89. The number of aromatic amines is 2. The van der Waals surface area contributed by atoms with Crippen molar-refractivity contribution in [2.24, 2.45) is 0 Å². The number of likely N-dealkylation sites (N-methyl/N-ethyl adjacent to an activating group) is 1. The lowest BCUT2D eigenvalue weighted by atomic mass is 10.0. The van der Waals surface area contributed by atoms with Crippen molar-refractivity contribution in [3.05, 3.63) is 79.0 Å². The maximum atomic E-state index is 14.6. The van der Waals surface area contributed by atoms with Crippen molar-refractivity contribution in [2.75, 3.05) is 46.2 Å². The number of anilines is 1. The normalized spacial score (nSPS) is 11.6. The third kappa shape index (κ3) is 4.99. The van der Waals surface area contributed by atoms with E-state index >= 15 is 0 Å². The molecule has 0 amide bonds. The molecule has 0 bridgehead atoms. The SMILES string of the molecule is CN(C)CCOc1cc(F)cc(-c2cccc3[nH]c(-c4n[nH]c5cnc(-c6cncc(N(C)C)c6)cc45)cc23)c1. The van der Waals surface area contributed by atoms with Crippen molar-refractivity contribution in [1.82, 2.24) is 30.0 Å². The van der Waals surface area contributed by atoms with Gasteiger partial charge in [-0.25, -0.2) is 4.39 Å². The molecular formula is C31H30FN7O. The molecule has 9 heteroatoms. The van der Waals surface area contributed by atoms with E-state index in [-0.39, 0.29) is 5.82 Å². The molecule has 0 aliphatic rings. The van der Waals surface area contributed by atoms with Gasteiger partial charge in [-0.3, -0.25) is 15.1 Å². The molecule has 0 atom stereocenters. The van der Waals surface area contributed by atoms with Gasteiger partial charge in [0.05, 0.1) is 35.0 Å². The molecule has 0 spiro atoms. The highest BCUT2D eigenvalue weighted by molar-refractivity contribution is 6.01. The molecule has 202 valence electrons. The smallest absolute Gasteiger partial charge is 0.127 e. The molecule has 0 unspecified atom stereocenters. The summed E-state index contributed by atoms with van der Waals surface area (Å²) in [6.45, 7) is 1.22. The Morgan fingerprint density at radius 1 is 0.875 bits per heavy atom. The summed E-state index contributed by atoms with van der Waals surface area (Å²) >= 11 is 0. The van der Waals surface area contributed by atoms with Crippen LogP contribution >= 0.6 is 0 Å². The van der Waals surface area contributed by atoms with Gasteiger partial charge in [-0.05, 0) is 61.6 Å². The number of H-pyrrole nitrogens is 2. The van der Waals surface area contributed by atoms with Crippen LogP contribution in [0.4, 0.5) is 10.1 Å². The molecule has 2 aromatic carbocycles. The van der Waals surface area contributed by atoms with Gasteiger partial charge in [-0.2, -0.15) is 5.10 Å². The summed E-state index contributed by atoms with van der Waals surface area (Å²) in [6, 6.07) is 17.0. The van der Waals surface area contributed by atoms with Gasteiger partial charge in [0.25, 0.3) is 0 Å². The molecule has 0 fully saturated rings. The number of aromatic nitrogens is 5. The molecular weight excluding hydrogens is 505 g/mol. The fourth-order valence-electron chi connectivity index (χ4n) is 4.77. The molecule has 6 aromatic rings. The molecule has 4 heterocycles. The second-order valence-corrected chi connectivity index (χ2v) is 10.3. The maximum absolute atomic E-state index is 14.6. The first-order valence-corrected chi connectivity index (χ1v) is 13.0. The predicted molar refractivity (Wildman–Crippen MR) is 158 cm³/mol. The van der Waals surface area contributed by atoms with Crippen LogP contribution in [0.3, 0.4) is 0 Å². The number of halogens is 1. The summed E-state index contributed by atoms with van der Waals surface area (Å²) in [5.41, 5.74) is 7.79. The lowest BCUT2D eigenvalue weighted by molar-refractivity contribution is 0.260. The Bertz CT molecular complexity index is 1820. The number of hydrogen-bond donors (Lipinski definition) is 2. The van der Waals surface area contributed by atoms with E-state index in [1.54, 1.807) is 6.20 Å². The molecule has 0 radical (unpaired) electrons. The van der Waals surface area contributed by atoms with E-state index in [0.29, 0.717) is 12.4 Å². The highest BCUT2D eigenvalue weighted by Crippen LogP contribution is 2.36. The predicted octanol–water partition coefficient (Wildman–Crippen LogP) is 5.98. The van der Waals surface area contributed by atoms with Crippen LogP contribution < -0.4 is 9.64 Å². The fraction of sp³-hybridized carbons (Fsp3) is 0.194. The largest absolute Gasteiger partial charge is 0.492 e. The Labute approximate surface area is 231 Å². The van der Waals surface area contributed by atoms with E-state index in [1.165, 1.54) is 12.1 Å². The first-order chi connectivity index (χ1) is 19.4. The summed E-state index contributed by atoms with van der Waals surface area (Å²) in [4.78, 5) is 16.6. The van der Waals surface area contributed by atoms with E-state index in [1.807, 2.05) is 80.7 Å². The van der Waals surface area contributed by atoms with E-state index in [9.17, 15) is 4.39 Å². The standard InChI is InChI=1S/C31H30FN7O/c1-38(2)8-9-40-23-12-19(10-21(32)13-23)24-6-5-7-27-25(24)14-29(35-27)31-26-15-28(34-18-30(26)36-37-31)20-11-22(39(3)4)17-33-16-20/h5-7,10-18,35H,8-9H2,1-4H3,(H,36,37). The van der Waals surface area contributed by atoms with E-state index in [2.05, 4.69) is 37.3 Å². The molecule has 0 aliphatic heterocycles. The van der Waals surface area contributed by atoms with Gasteiger partial charge in [0.2, 0.25) is 0 Å². The number of nitrogens with zero attached hydrogens (tertiary/aromatic N) is 5. The number of nitrogens with one attached hydrogen (secondary N) is 2. The van der Waals surface area contributed by atoms with Crippen molar-refractivity contribution in [1.29, 1.82) is 0 Å². The van der Waals surface area contributed by atoms with Gasteiger partial charge in [0.1, 0.15) is 23.9 Å². The van der Waals surface area contributed by atoms with Gasteiger partial charge in [0.15, 0.2) is 0 Å². The average Bonchev–Trinajstić information content (AvgIpc) is 3.56. The minimum atomic E-state index is -0.337. The molecule has 4 aromatic heterocycles. The first-order valence-electron chi connectivity index (χ1n) is 13.0. The first kappa shape index (κ1) is 25.5. The van der Waals surface area contributed by atoms with Crippen LogP contribution in [-0.2, 0) is 0 Å². The quantitative estimate of drug-likeness (QED) is 0.249. The maximum Gasteiger partial charge on any atom is 0.127 e. The number of hydrogen-bond acceptors (Lipinski definition) is 6. The number of fused-ring (bicyclic) bond motifs is 2. The lowest BCUT2D eigenvalue weighted by Gasteiger charge is -2.12. The van der Waals surface area contributed by atoms with Crippen LogP contribution in [-0.4, -0.2) is 71.4 Å². The van der Waals surface area contributed by atoms with Crippen molar-refractivity contribution < 1.29 is 9.13 Å². The average molecular weight is 536 g/mol. The molecule has 0 saturated heterocycles. The van der Waals surface area contributed by atoms with E-state index < -0.39 is 0 Å². The Balaban J connectivity index is 1.39. The molecule has 0 saturated carbocycles. The molecule has 8 nitrogen and oxygen atoms in total. The zero-order valence-electron chi connectivity index (χ0n) is 22.9. The second-order valence-electron chi connectivity index (χ2n) is 10.3. The van der Waals surface area contributed by atoms with Crippen molar-refractivity contribution in [3.63, 3.8) is 0 Å². The number of ether oxygens (including phenoxy) is 1. The van der Waals surface area contributed by atoms with Gasteiger partial charge < -0.3 is 19.5 Å². The van der Waals surface area contributed by atoms with E-state index in [4.69, 9.17) is 4.74 Å². The number of benzene rings is 2. The van der Waals surface area contributed by atoms with Gasteiger partial charge >= 0.3 is 0 Å². The van der Waals surface area contributed by atoms with Crippen molar-refractivity contribution in [2.45, 2.75) is 0 Å². The Morgan fingerprint density at radius 3 is 2.58 bits per heavy atom. The summed E-state index contributed by atoms with van der Waals surface area (Å²) in [7, 11) is 7.92. The number of rotatable bonds is 8. The monoisotopic (exact) mass is 535 g/mol. The van der Waals surface area contributed by atoms with Crippen LogP contribution in [0.5, 0.6) is 5.75 Å². The third-order valence-electron chi connectivity index (χ3n) is 6.89. The van der Waals surface area contributed by atoms with Gasteiger partial charge in [-0.1, -0.05) is 12.1 Å². The van der Waals surface area contributed by atoms with Gasteiger partial charge in [0, 0.05) is 54.8 Å². The Kier molecular flexibility index (Phi) is 6.65. The summed E-state index contributed by atoms with van der Waals surface area (Å²) in [5.74, 6) is 0.173. The van der Waals surface area contributed by atoms with Crippen LogP contribution in [0.2, 0.25) is 0 Å².